The Balaban J connectivity index is 1.98. The zero-order valence-electron chi connectivity index (χ0n) is 13.9. The van der Waals surface area contributed by atoms with E-state index in [9.17, 15) is 4.79 Å². The average Bonchev–Trinajstić information content (AvgIpc) is 2.49. The minimum absolute atomic E-state index is 0.0668. The highest BCUT2D eigenvalue weighted by atomic mass is 32.1. The number of thiocarbonyl (C=S) groups is 1. The van der Waals surface area contributed by atoms with Crippen molar-refractivity contribution in [2.45, 2.75) is 33.1 Å². The maximum absolute atomic E-state index is 12.2. The van der Waals surface area contributed by atoms with Crippen molar-refractivity contribution in [2.75, 3.05) is 5.32 Å². The molecule has 0 bridgehead atoms. The highest BCUT2D eigenvalue weighted by molar-refractivity contribution is 7.80. The van der Waals surface area contributed by atoms with Crippen molar-refractivity contribution in [3.05, 3.63) is 65.2 Å². The first kappa shape index (κ1) is 17.2. The minimum atomic E-state index is -0.213. The molecule has 120 valence electrons. The van der Waals surface area contributed by atoms with Crippen LogP contribution in [0.4, 0.5) is 5.69 Å². The number of carbonyl (C=O) groups is 1. The van der Waals surface area contributed by atoms with Gasteiger partial charge in [0.15, 0.2) is 5.11 Å². The lowest BCUT2D eigenvalue weighted by atomic mass is 9.87. The standard InChI is InChI=1S/C19H22N2OS/c1-13-5-11-16(12-6-13)20-18(23)21-17(22)14-7-9-15(10-8-14)19(2,3)4/h5-12H,1-4H3,(H2,20,21,22,23). The number of nitrogens with one attached hydrogen (secondary N) is 2. The number of rotatable bonds is 2. The molecule has 0 aliphatic heterocycles. The third-order valence-corrected chi connectivity index (χ3v) is 3.75. The van der Waals surface area contributed by atoms with Crippen molar-refractivity contribution in [1.29, 1.82) is 0 Å². The van der Waals surface area contributed by atoms with Crippen molar-refractivity contribution < 1.29 is 4.79 Å². The largest absolute Gasteiger partial charge is 0.332 e. The van der Waals surface area contributed by atoms with Gasteiger partial charge in [0.1, 0.15) is 0 Å². The zero-order chi connectivity index (χ0) is 17.0. The topological polar surface area (TPSA) is 41.1 Å². The van der Waals surface area contributed by atoms with E-state index >= 15 is 0 Å². The van der Waals surface area contributed by atoms with Gasteiger partial charge in [0, 0.05) is 11.3 Å². The first-order chi connectivity index (χ1) is 10.8. The number of benzene rings is 2. The predicted octanol–water partition coefficient (Wildman–Crippen LogP) is 4.42. The van der Waals surface area contributed by atoms with Crippen LogP contribution in [-0.4, -0.2) is 11.0 Å². The van der Waals surface area contributed by atoms with Crippen LogP contribution < -0.4 is 10.6 Å². The fraction of sp³-hybridized carbons (Fsp3) is 0.263. The molecule has 0 radical (unpaired) electrons. The van der Waals surface area contributed by atoms with E-state index in [4.69, 9.17) is 12.2 Å². The SMILES string of the molecule is Cc1ccc(NC(=S)NC(=O)c2ccc(C(C)(C)C)cc2)cc1. The van der Waals surface area contributed by atoms with E-state index in [-0.39, 0.29) is 11.3 Å². The summed E-state index contributed by atoms with van der Waals surface area (Å²) in [5.74, 6) is -0.213. The normalized spacial score (nSPS) is 11.0. The highest BCUT2D eigenvalue weighted by Crippen LogP contribution is 2.22. The number of hydrogen-bond acceptors (Lipinski definition) is 2. The van der Waals surface area contributed by atoms with Crippen LogP contribution in [0.2, 0.25) is 0 Å². The van der Waals surface area contributed by atoms with Gasteiger partial charge < -0.3 is 5.32 Å². The Morgan fingerprint density at radius 3 is 2.04 bits per heavy atom. The van der Waals surface area contributed by atoms with Crippen LogP contribution in [0.1, 0.15) is 42.3 Å². The van der Waals surface area contributed by atoms with Gasteiger partial charge in [-0.3, -0.25) is 10.1 Å². The molecule has 2 rings (SSSR count). The fourth-order valence-corrected chi connectivity index (χ4v) is 2.31. The van der Waals surface area contributed by atoms with Gasteiger partial charge in [-0.1, -0.05) is 50.6 Å². The average molecular weight is 326 g/mol. The molecule has 0 unspecified atom stereocenters. The summed E-state index contributed by atoms with van der Waals surface area (Å²) in [6.45, 7) is 8.44. The molecule has 0 heterocycles. The summed E-state index contributed by atoms with van der Waals surface area (Å²) in [6, 6.07) is 15.4. The molecule has 3 nitrogen and oxygen atoms in total. The van der Waals surface area contributed by atoms with E-state index in [2.05, 4.69) is 31.4 Å². The second kappa shape index (κ2) is 6.92. The smallest absolute Gasteiger partial charge is 0.257 e. The molecular weight excluding hydrogens is 304 g/mol. The second-order valence-corrected chi connectivity index (χ2v) is 7.01. The van der Waals surface area contributed by atoms with E-state index < -0.39 is 0 Å². The molecule has 0 aliphatic carbocycles. The Bertz CT molecular complexity index is 698. The molecule has 2 N–H and O–H groups in total. The van der Waals surface area contributed by atoms with Gasteiger partial charge in [-0.05, 0) is 54.4 Å². The van der Waals surface area contributed by atoms with Crippen molar-refractivity contribution in [2.24, 2.45) is 0 Å². The van der Waals surface area contributed by atoms with Crippen molar-refractivity contribution in [1.82, 2.24) is 5.32 Å². The Morgan fingerprint density at radius 2 is 1.52 bits per heavy atom. The lowest BCUT2D eigenvalue weighted by Crippen LogP contribution is -2.34. The fourth-order valence-electron chi connectivity index (χ4n) is 2.10. The quantitative estimate of drug-likeness (QED) is 0.803. The number of amides is 1. The van der Waals surface area contributed by atoms with E-state index in [0.717, 1.165) is 5.69 Å². The van der Waals surface area contributed by atoms with Gasteiger partial charge in [0.25, 0.3) is 5.91 Å². The molecule has 23 heavy (non-hydrogen) atoms. The van der Waals surface area contributed by atoms with Gasteiger partial charge >= 0.3 is 0 Å². The minimum Gasteiger partial charge on any atom is -0.332 e. The van der Waals surface area contributed by atoms with Crippen molar-refractivity contribution >= 4 is 28.9 Å². The van der Waals surface area contributed by atoms with Crippen molar-refractivity contribution in [3.63, 3.8) is 0 Å². The molecule has 0 spiro atoms. The third-order valence-electron chi connectivity index (χ3n) is 3.55. The summed E-state index contributed by atoms with van der Waals surface area (Å²) in [7, 11) is 0. The second-order valence-electron chi connectivity index (χ2n) is 6.60. The van der Waals surface area contributed by atoms with Crippen LogP contribution in [0, 0.1) is 6.92 Å². The molecule has 2 aromatic rings. The van der Waals surface area contributed by atoms with E-state index in [0.29, 0.717) is 10.7 Å². The first-order valence-electron chi connectivity index (χ1n) is 7.55. The Kier molecular flexibility index (Phi) is 5.16. The number of aryl methyl sites for hydroxylation is 1. The monoisotopic (exact) mass is 326 g/mol. The van der Waals surface area contributed by atoms with Gasteiger partial charge in [-0.2, -0.15) is 0 Å². The summed E-state index contributed by atoms with van der Waals surface area (Å²) in [5, 5.41) is 5.99. The van der Waals surface area contributed by atoms with E-state index in [1.807, 2.05) is 55.5 Å². The molecule has 0 fully saturated rings. The molecule has 0 saturated carbocycles. The Labute approximate surface area is 143 Å². The van der Waals surface area contributed by atoms with Gasteiger partial charge in [-0.25, -0.2) is 0 Å². The molecule has 0 atom stereocenters. The van der Waals surface area contributed by atoms with E-state index in [1.54, 1.807) is 0 Å². The van der Waals surface area contributed by atoms with Crippen LogP contribution in [0.25, 0.3) is 0 Å². The van der Waals surface area contributed by atoms with Gasteiger partial charge in [0.05, 0.1) is 0 Å². The summed E-state index contributed by atoms with van der Waals surface area (Å²) in [6.07, 6.45) is 0. The lowest BCUT2D eigenvalue weighted by molar-refractivity contribution is 0.0977. The van der Waals surface area contributed by atoms with Crippen LogP contribution >= 0.6 is 12.2 Å². The zero-order valence-corrected chi connectivity index (χ0v) is 14.8. The number of hydrogen-bond donors (Lipinski definition) is 2. The Hall–Kier alpha value is -2.20. The highest BCUT2D eigenvalue weighted by Gasteiger charge is 2.14. The number of carbonyl (C=O) groups excluding carboxylic acids is 1. The van der Waals surface area contributed by atoms with Crippen LogP contribution in [-0.2, 0) is 5.41 Å². The Morgan fingerprint density at radius 1 is 0.957 bits per heavy atom. The van der Waals surface area contributed by atoms with Crippen LogP contribution in [0.15, 0.2) is 48.5 Å². The first-order valence-corrected chi connectivity index (χ1v) is 7.96. The lowest BCUT2D eigenvalue weighted by Gasteiger charge is -2.19. The maximum atomic E-state index is 12.2. The summed E-state index contributed by atoms with van der Waals surface area (Å²) in [4.78, 5) is 12.2. The van der Waals surface area contributed by atoms with Gasteiger partial charge in [0.2, 0.25) is 0 Å². The molecule has 2 aromatic carbocycles. The summed E-state index contributed by atoms with van der Waals surface area (Å²) in [5.41, 5.74) is 3.87. The van der Waals surface area contributed by atoms with Gasteiger partial charge in [-0.15, -0.1) is 0 Å². The molecule has 4 heteroatoms. The maximum Gasteiger partial charge on any atom is 0.257 e. The number of anilines is 1. The molecule has 0 aromatic heterocycles. The van der Waals surface area contributed by atoms with Crippen LogP contribution in [0.3, 0.4) is 0 Å². The van der Waals surface area contributed by atoms with Crippen molar-refractivity contribution in [3.8, 4) is 0 Å². The molecular formula is C19H22N2OS. The van der Waals surface area contributed by atoms with E-state index in [1.165, 1.54) is 11.1 Å². The van der Waals surface area contributed by atoms with Crippen LogP contribution in [0.5, 0.6) is 0 Å². The third kappa shape index (κ3) is 4.89. The summed E-state index contributed by atoms with van der Waals surface area (Å²) < 4.78 is 0. The predicted molar refractivity (Wildman–Crippen MR) is 100 cm³/mol. The molecule has 0 saturated heterocycles. The molecule has 0 aliphatic rings. The summed E-state index contributed by atoms with van der Waals surface area (Å²) >= 11 is 5.19. The molecule has 1 amide bonds.